The number of aliphatic hydroxyl groups excluding tert-OH is 1. The normalized spacial score (nSPS) is 12.0. The minimum absolute atomic E-state index is 0.0600. The smallest absolute Gasteiger partial charge is 0.258 e. The number of benzene rings is 3. The van der Waals surface area contributed by atoms with E-state index in [2.05, 4.69) is 32.9 Å². The third-order valence-corrected chi connectivity index (χ3v) is 6.27. The molecule has 0 radical (unpaired) electrons. The summed E-state index contributed by atoms with van der Waals surface area (Å²) in [5.74, 6) is -0.0257. The summed E-state index contributed by atoms with van der Waals surface area (Å²) < 4.78 is 0. The lowest BCUT2D eigenvalue weighted by Crippen LogP contribution is -2.34. The Morgan fingerprint density at radius 3 is 2.03 bits per heavy atom. The molecule has 0 bridgehead atoms. The van der Waals surface area contributed by atoms with Crippen LogP contribution in [0.2, 0.25) is 0 Å². The van der Waals surface area contributed by atoms with Crippen LogP contribution in [-0.2, 0) is 4.79 Å². The molecule has 0 aromatic heterocycles. The molecule has 3 aromatic carbocycles. The number of nitrogens with zero attached hydrogens (tertiary/aromatic N) is 1. The maximum Gasteiger partial charge on any atom is 0.258 e. The number of hydrogen-bond acceptors (Lipinski definition) is 2. The van der Waals surface area contributed by atoms with Crippen molar-refractivity contribution >= 4 is 28.0 Å². The Bertz CT molecular complexity index is 1120. The van der Waals surface area contributed by atoms with Crippen LogP contribution in [0.5, 0.6) is 0 Å². The lowest BCUT2D eigenvalue weighted by atomic mass is 9.89. The van der Waals surface area contributed by atoms with Gasteiger partial charge in [0.05, 0.1) is 5.57 Å². The summed E-state index contributed by atoms with van der Waals surface area (Å²) >= 11 is 0. The van der Waals surface area contributed by atoms with E-state index in [0.29, 0.717) is 24.2 Å². The van der Waals surface area contributed by atoms with Crippen molar-refractivity contribution in [2.45, 2.75) is 60.3 Å². The lowest BCUT2D eigenvalue weighted by molar-refractivity contribution is -0.125. The van der Waals surface area contributed by atoms with Crippen LogP contribution in [0.1, 0.15) is 67.3 Å². The minimum Gasteiger partial charge on any atom is -0.506 e. The van der Waals surface area contributed by atoms with Crippen LogP contribution < -0.4 is 0 Å². The molecule has 0 fully saturated rings. The number of hydrogen-bond donors (Lipinski definition) is 1. The first-order valence-electron chi connectivity index (χ1n) is 12.2. The largest absolute Gasteiger partial charge is 0.506 e. The van der Waals surface area contributed by atoms with Gasteiger partial charge in [-0.05, 0) is 61.1 Å². The van der Waals surface area contributed by atoms with E-state index >= 15 is 0 Å². The average molecular weight is 444 g/mol. The zero-order valence-corrected chi connectivity index (χ0v) is 20.7. The number of carbonyl (C=O) groups excluding carboxylic acids is 1. The van der Waals surface area contributed by atoms with Gasteiger partial charge in [-0.25, -0.2) is 0 Å². The number of carbonyl (C=O) groups is 1. The van der Waals surface area contributed by atoms with E-state index in [1.807, 2.05) is 61.2 Å². The van der Waals surface area contributed by atoms with Crippen LogP contribution in [0.4, 0.5) is 0 Å². The highest BCUT2D eigenvalue weighted by Gasteiger charge is 2.27. The van der Waals surface area contributed by atoms with Crippen molar-refractivity contribution in [3.05, 3.63) is 82.4 Å². The van der Waals surface area contributed by atoms with Crippen LogP contribution in [0, 0.1) is 20.8 Å². The predicted molar refractivity (Wildman–Crippen MR) is 140 cm³/mol. The number of aryl methyl sites for hydroxylation is 3. The second kappa shape index (κ2) is 11.2. The third-order valence-electron chi connectivity index (χ3n) is 6.27. The second-order valence-electron chi connectivity index (χ2n) is 9.02. The molecule has 3 aromatic rings. The molecule has 174 valence electrons. The molecule has 3 heteroatoms. The van der Waals surface area contributed by atoms with E-state index in [0.717, 1.165) is 58.7 Å². The van der Waals surface area contributed by atoms with E-state index < -0.39 is 0 Å². The van der Waals surface area contributed by atoms with Crippen LogP contribution in [0.25, 0.3) is 22.1 Å². The monoisotopic (exact) mass is 443 g/mol. The molecule has 0 saturated carbocycles. The average Bonchev–Trinajstić information content (AvgIpc) is 2.80. The topological polar surface area (TPSA) is 40.5 Å². The molecule has 0 heterocycles. The highest BCUT2D eigenvalue weighted by molar-refractivity contribution is 6.27. The first kappa shape index (κ1) is 24.6. The van der Waals surface area contributed by atoms with Crippen LogP contribution >= 0.6 is 0 Å². The van der Waals surface area contributed by atoms with Gasteiger partial charge in [-0.2, -0.15) is 0 Å². The van der Waals surface area contributed by atoms with E-state index in [-0.39, 0.29) is 11.7 Å². The second-order valence-corrected chi connectivity index (χ2v) is 9.02. The van der Waals surface area contributed by atoms with E-state index in [9.17, 15) is 9.90 Å². The molecule has 1 N–H and O–H groups in total. The van der Waals surface area contributed by atoms with E-state index in [4.69, 9.17) is 0 Å². The maximum absolute atomic E-state index is 14.1. The van der Waals surface area contributed by atoms with Crippen molar-refractivity contribution < 1.29 is 9.90 Å². The summed E-state index contributed by atoms with van der Waals surface area (Å²) in [7, 11) is 0. The van der Waals surface area contributed by atoms with Crippen LogP contribution in [-0.4, -0.2) is 29.0 Å². The maximum atomic E-state index is 14.1. The van der Waals surface area contributed by atoms with Crippen molar-refractivity contribution in [2.24, 2.45) is 0 Å². The zero-order valence-electron chi connectivity index (χ0n) is 20.7. The van der Waals surface area contributed by atoms with E-state index in [1.165, 1.54) is 0 Å². The fraction of sp³-hybridized carbons (Fsp3) is 0.367. The standard InChI is InChI=1S/C30H37NO2/c1-6-8-17-31(18-9-7-2)30(33)28(27-22(4)19-21(3)20-23(27)5)29(32)26-16-12-14-24-13-10-11-15-25(24)26/h10-16,19-20,32H,6-9,17-18H2,1-5H3/b29-28-. The molecule has 0 aliphatic rings. The zero-order chi connectivity index (χ0) is 24.0. The molecule has 3 rings (SSSR count). The van der Waals surface area contributed by atoms with Crippen molar-refractivity contribution in [1.29, 1.82) is 0 Å². The first-order valence-corrected chi connectivity index (χ1v) is 12.2. The number of fused-ring (bicyclic) bond motifs is 1. The number of unbranched alkanes of at least 4 members (excludes halogenated alkanes) is 2. The summed E-state index contributed by atoms with van der Waals surface area (Å²) in [6.45, 7) is 11.8. The predicted octanol–water partition coefficient (Wildman–Crippen LogP) is 7.62. The van der Waals surface area contributed by atoms with Crippen molar-refractivity contribution in [1.82, 2.24) is 4.90 Å². The van der Waals surface area contributed by atoms with E-state index in [1.54, 1.807) is 0 Å². The van der Waals surface area contributed by atoms with Gasteiger partial charge in [0.1, 0.15) is 5.76 Å². The minimum atomic E-state index is -0.0858. The summed E-state index contributed by atoms with van der Waals surface area (Å²) in [5, 5.41) is 13.7. The van der Waals surface area contributed by atoms with Gasteiger partial charge < -0.3 is 10.0 Å². The van der Waals surface area contributed by atoms with Crippen molar-refractivity contribution in [3.63, 3.8) is 0 Å². The Balaban J connectivity index is 2.28. The molecule has 0 aliphatic heterocycles. The lowest BCUT2D eigenvalue weighted by Gasteiger charge is -2.26. The molecule has 0 saturated heterocycles. The van der Waals surface area contributed by atoms with Crippen molar-refractivity contribution in [2.75, 3.05) is 13.1 Å². The number of amides is 1. The molecular weight excluding hydrogens is 406 g/mol. The van der Waals surface area contributed by atoms with Crippen LogP contribution in [0.15, 0.2) is 54.6 Å². The SMILES string of the molecule is CCCCN(CCCC)C(=O)/C(=C(\O)c1cccc2ccccc12)c1c(C)cc(C)cc1C. The Kier molecular flexibility index (Phi) is 8.32. The van der Waals surface area contributed by atoms with Gasteiger partial charge in [0.25, 0.3) is 5.91 Å². The fourth-order valence-corrected chi connectivity index (χ4v) is 4.64. The summed E-state index contributed by atoms with van der Waals surface area (Å²) in [6.07, 6.45) is 3.94. The fourth-order valence-electron chi connectivity index (χ4n) is 4.64. The Morgan fingerprint density at radius 1 is 0.848 bits per heavy atom. The van der Waals surface area contributed by atoms with Gasteiger partial charge in [-0.15, -0.1) is 0 Å². The summed E-state index contributed by atoms with van der Waals surface area (Å²) in [4.78, 5) is 16.0. The van der Waals surface area contributed by atoms with Crippen molar-refractivity contribution in [3.8, 4) is 0 Å². The third kappa shape index (κ3) is 5.47. The molecule has 3 nitrogen and oxygen atoms in total. The molecule has 1 amide bonds. The molecule has 33 heavy (non-hydrogen) atoms. The van der Waals surface area contributed by atoms with Crippen LogP contribution in [0.3, 0.4) is 0 Å². The van der Waals surface area contributed by atoms with Gasteiger partial charge in [-0.3, -0.25) is 4.79 Å². The molecule has 0 aliphatic carbocycles. The summed E-state index contributed by atoms with van der Waals surface area (Å²) in [5.41, 5.74) is 5.12. The number of aliphatic hydroxyl groups is 1. The molecular formula is C30H37NO2. The highest BCUT2D eigenvalue weighted by atomic mass is 16.3. The number of rotatable bonds is 9. The van der Waals surface area contributed by atoms with Gasteiger partial charge in [-0.1, -0.05) is 86.8 Å². The molecule has 0 spiro atoms. The van der Waals surface area contributed by atoms with Gasteiger partial charge in [0.2, 0.25) is 0 Å². The van der Waals surface area contributed by atoms with Gasteiger partial charge >= 0.3 is 0 Å². The quantitative estimate of drug-likeness (QED) is 0.210. The Hall–Kier alpha value is -3.07. The highest BCUT2D eigenvalue weighted by Crippen LogP contribution is 2.34. The Labute approximate surface area is 198 Å². The van der Waals surface area contributed by atoms with Gasteiger partial charge in [0, 0.05) is 18.7 Å². The Morgan fingerprint density at radius 2 is 1.42 bits per heavy atom. The van der Waals surface area contributed by atoms with Gasteiger partial charge in [0.15, 0.2) is 0 Å². The molecule has 0 unspecified atom stereocenters. The molecule has 0 atom stereocenters. The first-order chi connectivity index (χ1) is 15.9. The summed E-state index contributed by atoms with van der Waals surface area (Å²) in [6, 6.07) is 18.1.